The van der Waals surface area contributed by atoms with Crippen molar-refractivity contribution in [1.29, 1.82) is 0 Å². The van der Waals surface area contributed by atoms with Crippen molar-refractivity contribution in [2.24, 2.45) is 11.3 Å². The molecule has 3 aliphatic rings. The third kappa shape index (κ3) is 4.69. The van der Waals surface area contributed by atoms with Crippen LogP contribution < -0.4 is 0 Å². The molecule has 6 rings (SSSR count). The molecular formula is C29H35N3O2. The predicted molar refractivity (Wildman–Crippen MR) is 132 cm³/mol. The number of aromatic nitrogens is 2. The van der Waals surface area contributed by atoms with Gasteiger partial charge in [0.15, 0.2) is 0 Å². The molecule has 2 aliphatic carbocycles. The average molecular weight is 458 g/mol. The van der Waals surface area contributed by atoms with Gasteiger partial charge in [-0.25, -0.2) is 0 Å². The fraction of sp³-hybridized carbons (Fsp3) is 0.517. The van der Waals surface area contributed by atoms with Gasteiger partial charge in [0.2, 0.25) is 11.7 Å². The van der Waals surface area contributed by atoms with Crippen LogP contribution >= 0.6 is 0 Å². The predicted octanol–water partition coefficient (Wildman–Crippen LogP) is 6.21. The molecule has 2 heterocycles. The lowest BCUT2D eigenvalue weighted by Gasteiger charge is -2.56. The fourth-order valence-electron chi connectivity index (χ4n) is 6.06. The van der Waals surface area contributed by atoms with Crippen LogP contribution in [0.15, 0.2) is 59.1 Å². The Morgan fingerprint density at radius 3 is 2.41 bits per heavy atom. The molecule has 0 atom stereocenters. The smallest absolute Gasteiger partial charge is 0.230 e. The summed E-state index contributed by atoms with van der Waals surface area (Å²) in [7, 11) is 0. The lowest BCUT2D eigenvalue weighted by Crippen LogP contribution is -2.50. The number of nitrogens with zero attached hydrogens (tertiary/aromatic N) is 3. The zero-order valence-electron chi connectivity index (χ0n) is 20.2. The van der Waals surface area contributed by atoms with Gasteiger partial charge in [0.1, 0.15) is 0 Å². The molecule has 2 saturated carbocycles. The quantitative estimate of drug-likeness (QED) is 0.422. The Balaban J connectivity index is 0.977. The van der Waals surface area contributed by atoms with Crippen LogP contribution in [0.3, 0.4) is 0 Å². The van der Waals surface area contributed by atoms with Crippen molar-refractivity contribution in [3.63, 3.8) is 0 Å². The van der Waals surface area contributed by atoms with E-state index in [4.69, 9.17) is 14.2 Å². The number of hydrogen-bond acceptors (Lipinski definition) is 5. The van der Waals surface area contributed by atoms with Crippen molar-refractivity contribution < 1.29 is 9.26 Å². The Morgan fingerprint density at radius 1 is 0.941 bits per heavy atom. The maximum Gasteiger partial charge on any atom is 0.230 e. The number of rotatable bonds is 7. The van der Waals surface area contributed by atoms with Crippen LogP contribution in [0.25, 0.3) is 11.4 Å². The van der Waals surface area contributed by atoms with Gasteiger partial charge in [0, 0.05) is 18.0 Å². The van der Waals surface area contributed by atoms with E-state index in [1.165, 1.54) is 37.1 Å². The topological polar surface area (TPSA) is 51.4 Å². The van der Waals surface area contributed by atoms with Crippen LogP contribution in [-0.2, 0) is 17.9 Å². The van der Waals surface area contributed by atoms with Crippen molar-refractivity contribution in [3.05, 3.63) is 71.6 Å². The number of hydrogen-bond donors (Lipinski definition) is 0. The molecule has 5 heteroatoms. The molecule has 0 amide bonds. The SMILES string of the molecule is CC1CCN(Cc2ccc(-c3noc(C4CC5(CC(OCc6ccccc6)C5)C4)n3)cc2)CC1. The Kier molecular flexibility index (Phi) is 6.00. The molecule has 0 radical (unpaired) electrons. The zero-order valence-corrected chi connectivity index (χ0v) is 20.2. The summed E-state index contributed by atoms with van der Waals surface area (Å²) in [5.74, 6) is 2.79. The summed E-state index contributed by atoms with van der Waals surface area (Å²) >= 11 is 0. The van der Waals surface area contributed by atoms with Crippen molar-refractivity contribution in [2.45, 2.75) is 70.6 Å². The van der Waals surface area contributed by atoms with Crippen molar-refractivity contribution in [3.8, 4) is 11.4 Å². The largest absolute Gasteiger partial charge is 0.374 e. The summed E-state index contributed by atoms with van der Waals surface area (Å²) in [5, 5.41) is 4.29. The van der Waals surface area contributed by atoms with Gasteiger partial charge in [-0.05, 0) is 74.1 Å². The average Bonchev–Trinajstić information content (AvgIpc) is 3.29. The molecule has 2 aromatic carbocycles. The molecule has 1 aliphatic heterocycles. The van der Waals surface area contributed by atoms with E-state index in [0.29, 0.717) is 29.9 Å². The molecule has 0 unspecified atom stereocenters. The highest BCUT2D eigenvalue weighted by Crippen LogP contribution is 2.62. The number of benzene rings is 2. The molecule has 3 aromatic rings. The Labute approximate surface area is 202 Å². The molecule has 3 fully saturated rings. The van der Waals surface area contributed by atoms with E-state index in [0.717, 1.165) is 49.6 Å². The highest BCUT2D eigenvalue weighted by atomic mass is 16.5. The first-order chi connectivity index (χ1) is 16.6. The number of piperidine rings is 1. The van der Waals surface area contributed by atoms with E-state index in [1.807, 2.05) is 6.07 Å². The standard InChI is InChI=1S/C29H35N3O2/c1-21-11-13-32(14-12-21)19-22-7-9-24(10-8-22)27-30-28(34-31-27)25-15-29(16-25)17-26(18-29)33-20-23-5-3-2-4-6-23/h2-10,21,25-26H,11-20H2,1H3. The van der Waals surface area contributed by atoms with E-state index in [-0.39, 0.29) is 0 Å². The number of ether oxygens (including phenoxy) is 1. The highest BCUT2D eigenvalue weighted by molar-refractivity contribution is 5.54. The maximum absolute atomic E-state index is 6.11. The second-order valence-electron chi connectivity index (χ2n) is 11.0. The third-order valence-electron chi connectivity index (χ3n) is 8.29. The number of likely N-dealkylation sites (tertiary alicyclic amines) is 1. The van der Waals surface area contributed by atoms with Crippen molar-refractivity contribution >= 4 is 0 Å². The summed E-state index contributed by atoms with van der Waals surface area (Å²) in [6, 6.07) is 19.1. The Bertz CT molecular complexity index is 1070. The molecule has 1 saturated heterocycles. The summed E-state index contributed by atoms with van der Waals surface area (Å²) in [6.07, 6.45) is 7.64. The van der Waals surface area contributed by atoms with Crippen LogP contribution in [0, 0.1) is 11.3 Å². The molecule has 34 heavy (non-hydrogen) atoms. The van der Waals surface area contributed by atoms with Crippen LogP contribution in [0.5, 0.6) is 0 Å². The second kappa shape index (κ2) is 9.27. The van der Waals surface area contributed by atoms with Gasteiger partial charge < -0.3 is 9.26 Å². The second-order valence-corrected chi connectivity index (χ2v) is 11.0. The first-order valence-electron chi connectivity index (χ1n) is 12.9. The van der Waals surface area contributed by atoms with Gasteiger partial charge in [-0.15, -0.1) is 0 Å². The van der Waals surface area contributed by atoms with E-state index in [1.54, 1.807) is 0 Å². The van der Waals surface area contributed by atoms with E-state index in [9.17, 15) is 0 Å². The van der Waals surface area contributed by atoms with Gasteiger partial charge in [-0.1, -0.05) is 66.7 Å². The molecule has 1 spiro atoms. The van der Waals surface area contributed by atoms with Crippen LogP contribution in [0.4, 0.5) is 0 Å². The van der Waals surface area contributed by atoms with Gasteiger partial charge in [-0.2, -0.15) is 4.98 Å². The Hall–Kier alpha value is -2.50. The highest BCUT2D eigenvalue weighted by Gasteiger charge is 2.55. The Morgan fingerprint density at radius 2 is 1.68 bits per heavy atom. The monoisotopic (exact) mass is 457 g/mol. The minimum atomic E-state index is 0.395. The van der Waals surface area contributed by atoms with E-state index >= 15 is 0 Å². The minimum absolute atomic E-state index is 0.395. The fourth-order valence-corrected chi connectivity index (χ4v) is 6.06. The van der Waals surface area contributed by atoms with Crippen molar-refractivity contribution in [2.75, 3.05) is 13.1 Å². The maximum atomic E-state index is 6.11. The first kappa shape index (κ1) is 22.0. The molecule has 1 aromatic heterocycles. The normalized spacial score (nSPS) is 27.4. The van der Waals surface area contributed by atoms with Crippen LogP contribution in [-0.4, -0.2) is 34.2 Å². The lowest BCUT2D eigenvalue weighted by atomic mass is 9.50. The van der Waals surface area contributed by atoms with Crippen LogP contribution in [0.2, 0.25) is 0 Å². The van der Waals surface area contributed by atoms with Crippen molar-refractivity contribution in [1.82, 2.24) is 15.0 Å². The zero-order chi connectivity index (χ0) is 23.0. The van der Waals surface area contributed by atoms with Gasteiger partial charge in [0.05, 0.1) is 12.7 Å². The van der Waals surface area contributed by atoms with Gasteiger partial charge in [0.25, 0.3) is 0 Å². The molecule has 0 bridgehead atoms. The van der Waals surface area contributed by atoms with Crippen LogP contribution in [0.1, 0.15) is 68.4 Å². The summed E-state index contributed by atoms with van der Waals surface area (Å²) < 4.78 is 11.8. The van der Waals surface area contributed by atoms with E-state index in [2.05, 4.69) is 65.5 Å². The van der Waals surface area contributed by atoms with Gasteiger partial charge in [-0.3, -0.25) is 4.90 Å². The molecule has 5 nitrogen and oxygen atoms in total. The molecular weight excluding hydrogens is 422 g/mol. The lowest BCUT2D eigenvalue weighted by molar-refractivity contribution is -0.133. The molecule has 178 valence electrons. The molecule has 0 N–H and O–H groups in total. The summed E-state index contributed by atoms with van der Waals surface area (Å²) in [4.78, 5) is 7.32. The van der Waals surface area contributed by atoms with Gasteiger partial charge >= 0.3 is 0 Å². The minimum Gasteiger partial charge on any atom is -0.374 e. The summed E-state index contributed by atoms with van der Waals surface area (Å²) in [6.45, 7) is 6.53. The summed E-state index contributed by atoms with van der Waals surface area (Å²) in [5.41, 5.74) is 4.09. The van der Waals surface area contributed by atoms with E-state index < -0.39 is 0 Å². The first-order valence-corrected chi connectivity index (χ1v) is 12.9. The third-order valence-corrected chi connectivity index (χ3v) is 8.29.